The number of rotatable bonds is 7. The number of hydrogen-bond acceptors (Lipinski definition) is 4. The Morgan fingerprint density at radius 3 is 2.89 bits per heavy atom. The van der Waals surface area contributed by atoms with Gasteiger partial charge in [0, 0.05) is 23.3 Å². The van der Waals surface area contributed by atoms with Crippen molar-refractivity contribution in [1.82, 2.24) is 10.2 Å². The monoisotopic (exact) mass is 281 g/mol. The van der Waals surface area contributed by atoms with Crippen LogP contribution >= 0.6 is 11.3 Å². The molecule has 1 aromatic heterocycles. The molecule has 1 saturated heterocycles. The molecule has 0 bridgehead atoms. The van der Waals surface area contributed by atoms with Crippen LogP contribution in [0.5, 0.6) is 0 Å². The summed E-state index contributed by atoms with van der Waals surface area (Å²) in [4.78, 5) is 14.7. The van der Waals surface area contributed by atoms with E-state index in [-0.39, 0.29) is 5.91 Å². The van der Waals surface area contributed by atoms with Crippen LogP contribution in [0.1, 0.15) is 35.0 Å². The van der Waals surface area contributed by atoms with Crippen molar-refractivity contribution in [2.45, 2.75) is 26.3 Å². The first-order valence-corrected chi connectivity index (χ1v) is 7.83. The first-order valence-electron chi connectivity index (χ1n) is 6.95. The summed E-state index contributed by atoms with van der Waals surface area (Å²) in [5.41, 5.74) is 5.85. The number of carbonyl (C=O) groups is 1. The third kappa shape index (κ3) is 4.60. The maximum atomic E-state index is 11.0. The summed E-state index contributed by atoms with van der Waals surface area (Å²) in [5.74, 6) is 0.318. The Morgan fingerprint density at radius 2 is 2.26 bits per heavy atom. The lowest BCUT2D eigenvalue weighted by Gasteiger charge is -2.20. The average molecular weight is 281 g/mol. The molecule has 1 aliphatic rings. The summed E-state index contributed by atoms with van der Waals surface area (Å²) >= 11 is 1.59. The van der Waals surface area contributed by atoms with E-state index in [1.807, 2.05) is 11.4 Å². The molecule has 19 heavy (non-hydrogen) atoms. The van der Waals surface area contributed by atoms with E-state index < -0.39 is 0 Å². The maximum absolute atomic E-state index is 11.0. The minimum atomic E-state index is -0.343. The zero-order valence-corrected chi connectivity index (χ0v) is 12.3. The van der Waals surface area contributed by atoms with Crippen LogP contribution in [0.4, 0.5) is 0 Å². The molecule has 1 fully saturated rings. The van der Waals surface area contributed by atoms with Gasteiger partial charge in [-0.2, -0.15) is 0 Å². The van der Waals surface area contributed by atoms with Crippen LogP contribution in [-0.2, 0) is 6.54 Å². The Hall–Kier alpha value is -0.910. The number of nitrogens with zero attached hydrogens (tertiary/aromatic N) is 1. The van der Waals surface area contributed by atoms with Crippen LogP contribution in [0.25, 0.3) is 0 Å². The van der Waals surface area contributed by atoms with Gasteiger partial charge in [0.25, 0.3) is 0 Å². The lowest BCUT2D eigenvalue weighted by atomic mass is 10.1. The zero-order chi connectivity index (χ0) is 13.7. The fourth-order valence-electron chi connectivity index (χ4n) is 2.51. The summed E-state index contributed by atoms with van der Waals surface area (Å²) in [7, 11) is 0. The third-order valence-corrected chi connectivity index (χ3v) is 4.44. The fourth-order valence-corrected chi connectivity index (χ4v) is 3.36. The molecule has 2 rings (SSSR count). The number of thiophene rings is 1. The molecule has 1 unspecified atom stereocenters. The molecule has 0 radical (unpaired) electrons. The van der Waals surface area contributed by atoms with Gasteiger partial charge in [-0.05, 0) is 44.5 Å². The van der Waals surface area contributed by atoms with Gasteiger partial charge >= 0.3 is 0 Å². The van der Waals surface area contributed by atoms with E-state index in [1.165, 1.54) is 37.4 Å². The molecule has 1 aliphatic heterocycles. The minimum Gasteiger partial charge on any atom is -0.366 e. The summed E-state index contributed by atoms with van der Waals surface area (Å²) in [5, 5.41) is 5.29. The van der Waals surface area contributed by atoms with Gasteiger partial charge in [-0.25, -0.2) is 0 Å². The van der Waals surface area contributed by atoms with E-state index in [0.717, 1.165) is 13.1 Å². The highest BCUT2D eigenvalue weighted by Gasteiger charge is 2.14. The van der Waals surface area contributed by atoms with Crippen molar-refractivity contribution < 1.29 is 4.79 Å². The topological polar surface area (TPSA) is 58.4 Å². The summed E-state index contributed by atoms with van der Waals surface area (Å²) < 4.78 is 0. The van der Waals surface area contributed by atoms with Crippen molar-refractivity contribution in [2.24, 2.45) is 11.7 Å². The quantitative estimate of drug-likeness (QED) is 0.799. The van der Waals surface area contributed by atoms with Crippen molar-refractivity contribution in [3.8, 4) is 0 Å². The van der Waals surface area contributed by atoms with E-state index in [2.05, 4.69) is 17.1 Å². The van der Waals surface area contributed by atoms with Crippen molar-refractivity contribution in [2.75, 3.05) is 26.2 Å². The normalized spacial score (nSPS) is 17.7. The van der Waals surface area contributed by atoms with Gasteiger partial charge in [0.15, 0.2) is 0 Å². The molecule has 1 amide bonds. The van der Waals surface area contributed by atoms with Crippen LogP contribution in [-0.4, -0.2) is 37.0 Å². The molecule has 106 valence electrons. The number of carbonyl (C=O) groups excluding carboxylic acids is 1. The fraction of sp³-hybridized carbons (Fsp3) is 0.643. The molecule has 5 heteroatoms. The average Bonchev–Trinajstić information content (AvgIpc) is 3.00. The van der Waals surface area contributed by atoms with Gasteiger partial charge in [-0.3, -0.25) is 4.79 Å². The van der Waals surface area contributed by atoms with Crippen LogP contribution in [0.15, 0.2) is 11.4 Å². The molecule has 0 spiro atoms. The van der Waals surface area contributed by atoms with E-state index >= 15 is 0 Å². The first kappa shape index (κ1) is 14.5. The lowest BCUT2D eigenvalue weighted by molar-refractivity contribution is 0.100. The van der Waals surface area contributed by atoms with Crippen LogP contribution in [0.3, 0.4) is 0 Å². The van der Waals surface area contributed by atoms with E-state index in [9.17, 15) is 4.79 Å². The second kappa shape index (κ2) is 7.03. The molecular weight excluding hydrogens is 258 g/mol. The van der Waals surface area contributed by atoms with Gasteiger partial charge in [0.1, 0.15) is 0 Å². The summed E-state index contributed by atoms with van der Waals surface area (Å²) in [6.07, 6.45) is 2.70. The number of likely N-dealkylation sites (tertiary alicyclic amines) is 1. The molecule has 1 aromatic rings. The number of nitrogens with one attached hydrogen (secondary N) is 1. The second-order valence-corrected chi connectivity index (χ2v) is 6.41. The molecule has 3 N–H and O–H groups in total. The largest absolute Gasteiger partial charge is 0.366 e. The zero-order valence-electron chi connectivity index (χ0n) is 11.5. The summed E-state index contributed by atoms with van der Waals surface area (Å²) in [6, 6.07) is 1.88. The van der Waals surface area contributed by atoms with Gasteiger partial charge in [0.05, 0.1) is 5.56 Å². The SMILES string of the molecule is CC(CNCc1cc(C(N)=O)cs1)CN1CCCC1. The standard InChI is InChI=1S/C14H23N3OS/c1-11(9-17-4-2-3-5-17)7-16-8-13-6-12(10-19-13)14(15)18/h6,10-11,16H,2-5,7-9H2,1H3,(H2,15,18). The number of primary amides is 1. The van der Waals surface area contributed by atoms with E-state index in [4.69, 9.17) is 5.73 Å². The molecule has 0 saturated carbocycles. The van der Waals surface area contributed by atoms with Crippen molar-refractivity contribution in [3.63, 3.8) is 0 Å². The second-order valence-electron chi connectivity index (χ2n) is 5.41. The van der Waals surface area contributed by atoms with Gasteiger partial charge in [-0.15, -0.1) is 11.3 Å². The van der Waals surface area contributed by atoms with Crippen molar-refractivity contribution in [1.29, 1.82) is 0 Å². The number of hydrogen-bond donors (Lipinski definition) is 2. The highest BCUT2D eigenvalue weighted by Crippen LogP contribution is 2.14. The van der Waals surface area contributed by atoms with Crippen LogP contribution in [0, 0.1) is 5.92 Å². The molecular formula is C14H23N3OS. The third-order valence-electron chi connectivity index (χ3n) is 3.50. The van der Waals surface area contributed by atoms with Gasteiger partial charge in [0.2, 0.25) is 5.91 Å². The Bertz CT molecular complexity index is 413. The highest BCUT2D eigenvalue weighted by molar-refractivity contribution is 7.10. The highest BCUT2D eigenvalue weighted by atomic mass is 32.1. The Balaban J connectivity index is 1.65. The van der Waals surface area contributed by atoms with Crippen LogP contribution < -0.4 is 11.1 Å². The smallest absolute Gasteiger partial charge is 0.249 e. The molecule has 0 aliphatic carbocycles. The van der Waals surface area contributed by atoms with E-state index in [1.54, 1.807) is 11.3 Å². The first-order chi connectivity index (χ1) is 9.15. The Labute approximate surface area is 119 Å². The summed E-state index contributed by atoms with van der Waals surface area (Å²) in [6.45, 7) is 7.83. The van der Waals surface area contributed by atoms with Gasteiger partial charge in [-0.1, -0.05) is 6.92 Å². The molecule has 4 nitrogen and oxygen atoms in total. The maximum Gasteiger partial charge on any atom is 0.249 e. The molecule has 0 aromatic carbocycles. The number of nitrogens with two attached hydrogens (primary N) is 1. The molecule has 1 atom stereocenters. The molecule has 2 heterocycles. The predicted octanol–water partition coefficient (Wildman–Crippen LogP) is 1.67. The lowest BCUT2D eigenvalue weighted by Crippen LogP contribution is -2.31. The van der Waals surface area contributed by atoms with Crippen molar-refractivity contribution >= 4 is 17.2 Å². The predicted molar refractivity (Wildman–Crippen MR) is 79.4 cm³/mol. The minimum absolute atomic E-state index is 0.343. The van der Waals surface area contributed by atoms with E-state index in [0.29, 0.717) is 11.5 Å². The van der Waals surface area contributed by atoms with Gasteiger partial charge < -0.3 is 16.0 Å². The number of amides is 1. The van der Waals surface area contributed by atoms with Crippen LogP contribution in [0.2, 0.25) is 0 Å². The Kier molecular flexibility index (Phi) is 5.36. The van der Waals surface area contributed by atoms with Crippen molar-refractivity contribution in [3.05, 3.63) is 21.9 Å². The Morgan fingerprint density at radius 1 is 1.53 bits per heavy atom.